The van der Waals surface area contributed by atoms with Crippen LogP contribution >= 0.6 is 0 Å². The van der Waals surface area contributed by atoms with E-state index in [1.54, 1.807) is 0 Å². The van der Waals surface area contributed by atoms with Gasteiger partial charge in [0, 0.05) is 24.3 Å². The van der Waals surface area contributed by atoms with Crippen molar-refractivity contribution in [2.75, 3.05) is 0 Å². The highest BCUT2D eigenvalue weighted by Crippen LogP contribution is 2.67. The van der Waals surface area contributed by atoms with Crippen molar-refractivity contribution in [3.63, 3.8) is 0 Å². The molecule has 28 heavy (non-hydrogen) atoms. The van der Waals surface area contributed by atoms with Gasteiger partial charge in [0.15, 0.2) is 0 Å². The van der Waals surface area contributed by atoms with Gasteiger partial charge in [0.25, 0.3) is 0 Å². The molecule has 4 heteroatoms. The zero-order valence-electron chi connectivity index (χ0n) is 18.0. The summed E-state index contributed by atoms with van der Waals surface area (Å²) in [6.45, 7) is 6.81. The lowest BCUT2D eigenvalue weighted by Crippen LogP contribution is -2.57. The molecule has 4 aliphatic carbocycles. The SMILES string of the molecule is C[C@H](CCC(=O)O)[C@H]1C(N)C[C@H]2[C@@H]3CCC4CCCC[C@]4(C)[C@H]3CC(=O)[C@]12C. The van der Waals surface area contributed by atoms with Gasteiger partial charge in [-0.2, -0.15) is 0 Å². The zero-order chi connectivity index (χ0) is 20.3. The molecule has 0 heterocycles. The van der Waals surface area contributed by atoms with Gasteiger partial charge >= 0.3 is 5.97 Å². The Kier molecular flexibility index (Phi) is 5.17. The summed E-state index contributed by atoms with van der Waals surface area (Å²) < 4.78 is 0. The lowest BCUT2D eigenvalue weighted by molar-refractivity contribution is -0.157. The maximum Gasteiger partial charge on any atom is 0.303 e. The van der Waals surface area contributed by atoms with Crippen LogP contribution < -0.4 is 5.73 Å². The fourth-order valence-corrected chi connectivity index (χ4v) is 8.69. The molecule has 0 bridgehead atoms. The standard InChI is InChI=1S/C24H39NO3/c1-14(7-10-21(27)28)22-19(25)12-18-16-9-8-15-6-4-5-11-23(15,2)17(16)13-20(26)24(18,22)3/h14-19,22H,4-13,25H2,1-3H3,(H,27,28)/t14-,15?,16-,17+,18+,19?,22+,23+,24-/m1/s1. The van der Waals surface area contributed by atoms with Crippen LogP contribution in [0.5, 0.6) is 0 Å². The second kappa shape index (κ2) is 7.11. The molecule has 3 N–H and O–H groups in total. The molecule has 0 aromatic heterocycles. The number of rotatable bonds is 4. The van der Waals surface area contributed by atoms with Gasteiger partial charge < -0.3 is 10.8 Å². The Bertz CT molecular complexity index is 648. The minimum atomic E-state index is -0.751. The average Bonchev–Trinajstić information content (AvgIpc) is 2.92. The predicted octanol–water partition coefficient (Wildman–Crippen LogP) is 4.65. The molecule has 4 aliphatic rings. The van der Waals surface area contributed by atoms with Crippen LogP contribution in [0.4, 0.5) is 0 Å². The molecule has 0 aromatic carbocycles. The second-order valence-electron chi connectivity index (χ2n) is 11.1. The first-order valence-electron chi connectivity index (χ1n) is 11.7. The third-order valence-electron chi connectivity index (χ3n) is 10.1. The number of hydrogen-bond donors (Lipinski definition) is 2. The van der Waals surface area contributed by atoms with Crippen molar-refractivity contribution < 1.29 is 14.7 Å². The van der Waals surface area contributed by atoms with Crippen molar-refractivity contribution in [2.24, 2.45) is 52.1 Å². The Labute approximate surface area is 170 Å². The van der Waals surface area contributed by atoms with Crippen LogP contribution in [0.1, 0.15) is 85.0 Å². The van der Waals surface area contributed by atoms with Crippen molar-refractivity contribution >= 4 is 11.8 Å². The number of carboxylic acids is 1. The maximum absolute atomic E-state index is 13.7. The highest BCUT2D eigenvalue weighted by atomic mass is 16.4. The van der Waals surface area contributed by atoms with Crippen molar-refractivity contribution in [3.05, 3.63) is 0 Å². The van der Waals surface area contributed by atoms with Gasteiger partial charge in [-0.25, -0.2) is 0 Å². The molecule has 0 amide bonds. The third-order valence-corrected chi connectivity index (χ3v) is 10.1. The number of Topliss-reactive ketones (excluding diaryl/α,β-unsaturated/α-hetero) is 1. The lowest BCUT2D eigenvalue weighted by atomic mass is 9.44. The van der Waals surface area contributed by atoms with E-state index in [1.165, 1.54) is 38.5 Å². The van der Waals surface area contributed by atoms with E-state index in [1.807, 2.05) is 0 Å². The Morgan fingerprint density at radius 1 is 1.21 bits per heavy atom. The van der Waals surface area contributed by atoms with E-state index in [-0.39, 0.29) is 29.7 Å². The summed E-state index contributed by atoms with van der Waals surface area (Å²) in [4.78, 5) is 24.8. The molecule has 9 atom stereocenters. The molecule has 0 aliphatic heterocycles. The van der Waals surface area contributed by atoms with Crippen LogP contribution in [-0.4, -0.2) is 22.9 Å². The molecule has 0 radical (unpaired) electrons. The fraction of sp³-hybridized carbons (Fsp3) is 0.917. The van der Waals surface area contributed by atoms with Crippen LogP contribution in [0.15, 0.2) is 0 Å². The number of carbonyl (C=O) groups excluding carboxylic acids is 1. The molecule has 4 saturated carbocycles. The zero-order valence-corrected chi connectivity index (χ0v) is 18.0. The van der Waals surface area contributed by atoms with Crippen molar-refractivity contribution in [3.8, 4) is 0 Å². The molecule has 0 aromatic rings. The molecule has 158 valence electrons. The number of ketones is 1. The molecule has 4 rings (SSSR count). The quantitative estimate of drug-likeness (QED) is 0.733. The first-order chi connectivity index (χ1) is 13.2. The van der Waals surface area contributed by atoms with Gasteiger partial charge in [0.2, 0.25) is 0 Å². The second-order valence-corrected chi connectivity index (χ2v) is 11.1. The van der Waals surface area contributed by atoms with Gasteiger partial charge in [0.05, 0.1) is 0 Å². The van der Waals surface area contributed by atoms with Gasteiger partial charge in [0.1, 0.15) is 5.78 Å². The van der Waals surface area contributed by atoms with Crippen molar-refractivity contribution in [1.29, 1.82) is 0 Å². The molecular weight excluding hydrogens is 350 g/mol. The summed E-state index contributed by atoms with van der Waals surface area (Å²) in [6, 6.07) is 0.0263. The average molecular weight is 390 g/mol. The van der Waals surface area contributed by atoms with Gasteiger partial charge in [-0.15, -0.1) is 0 Å². The summed E-state index contributed by atoms with van der Waals surface area (Å²) in [5.41, 5.74) is 6.67. The van der Waals surface area contributed by atoms with E-state index in [0.717, 1.165) is 18.8 Å². The van der Waals surface area contributed by atoms with Crippen LogP contribution in [0.25, 0.3) is 0 Å². The Morgan fingerprint density at radius 3 is 2.68 bits per heavy atom. The smallest absolute Gasteiger partial charge is 0.303 e. The van der Waals surface area contributed by atoms with E-state index in [0.29, 0.717) is 35.4 Å². The first kappa shape index (κ1) is 20.4. The van der Waals surface area contributed by atoms with E-state index < -0.39 is 5.97 Å². The topological polar surface area (TPSA) is 80.4 Å². The number of hydrogen-bond acceptors (Lipinski definition) is 3. The minimum absolute atomic E-state index is 0.0263. The molecule has 0 saturated heterocycles. The summed E-state index contributed by atoms with van der Waals surface area (Å²) in [5.74, 6) is 2.36. The number of fused-ring (bicyclic) bond motifs is 5. The normalized spacial score (nSPS) is 49.1. The van der Waals surface area contributed by atoms with E-state index in [4.69, 9.17) is 10.8 Å². The molecule has 4 nitrogen and oxygen atoms in total. The first-order valence-corrected chi connectivity index (χ1v) is 11.7. The summed E-state index contributed by atoms with van der Waals surface area (Å²) in [7, 11) is 0. The van der Waals surface area contributed by atoms with E-state index in [9.17, 15) is 9.59 Å². The third kappa shape index (κ3) is 2.88. The number of aliphatic carboxylic acids is 1. The van der Waals surface area contributed by atoms with Crippen LogP contribution in [-0.2, 0) is 9.59 Å². The Hall–Kier alpha value is -0.900. The van der Waals surface area contributed by atoms with E-state index in [2.05, 4.69) is 20.8 Å². The lowest BCUT2D eigenvalue weighted by Gasteiger charge is -2.60. The Morgan fingerprint density at radius 2 is 1.96 bits per heavy atom. The van der Waals surface area contributed by atoms with Crippen LogP contribution in [0, 0.1) is 46.3 Å². The molecule has 2 unspecified atom stereocenters. The maximum atomic E-state index is 13.7. The highest BCUT2D eigenvalue weighted by Gasteiger charge is 2.65. The molecule has 0 spiro atoms. The highest BCUT2D eigenvalue weighted by molar-refractivity contribution is 5.87. The summed E-state index contributed by atoms with van der Waals surface area (Å²) in [5, 5.41) is 9.11. The minimum Gasteiger partial charge on any atom is -0.481 e. The largest absolute Gasteiger partial charge is 0.481 e. The number of carbonyl (C=O) groups is 2. The summed E-state index contributed by atoms with van der Waals surface area (Å²) >= 11 is 0. The number of nitrogens with two attached hydrogens (primary N) is 1. The monoisotopic (exact) mass is 389 g/mol. The van der Waals surface area contributed by atoms with Gasteiger partial charge in [-0.05, 0) is 79.4 Å². The van der Waals surface area contributed by atoms with Crippen molar-refractivity contribution in [1.82, 2.24) is 0 Å². The number of carboxylic acid groups (broad SMARTS) is 1. The van der Waals surface area contributed by atoms with Gasteiger partial charge in [-0.1, -0.05) is 33.6 Å². The molecular formula is C24H39NO3. The predicted molar refractivity (Wildman–Crippen MR) is 110 cm³/mol. The van der Waals surface area contributed by atoms with Crippen LogP contribution in [0.2, 0.25) is 0 Å². The Balaban J connectivity index is 1.62. The van der Waals surface area contributed by atoms with Crippen LogP contribution in [0.3, 0.4) is 0 Å². The fourth-order valence-electron chi connectivity index (χ4n) is 8.69. The van der Waals surface area contributed by atoms with Crippen molar-refractivity contribution in [2.45, 2.75) is 91.0 Å². The van der Waals surface area contributed by atoms with Gasteiger partial charge in [-0.3, -0.25) is 9.59 Å². The summed E-state index contributed by atoms with van der Waals surface area (Å²) in [6.07, 6.45) is 10.4. The molecule has 4 fully saturated rings. The van der Waals surface area contributed by atoms with E-state index >= 15 is 0 Å².